The number of rotatable bonds is 6. The van der Waals surface area contributed by atoms with E-state index in [9.17, 15) is 13.8 Å². The van der Waals surface area contributed by atoms with Crippen LogP contribution in [0.1, 0.15) is 22.8 Å². The highest BCUT2D eigenvalue weighted by Gasteiger charge is 2.10. The molecule has 1 rings (SSSR count). The second kappa shape index (κ2) is 7.59. The van der Waals surface area contributed by atoms with E-state index in [1.54, 1.807) is 37.4 Å². The number of nitrogens with one attached hydrogen (secondary N) is 1. The number of hydrogen-bond acceptors (Lipinski definition) is 3. The lowest BCUT2D eigenvalue weighted by atomic mass is 10.1. The highest BCUT2D eigenvalue weighted by atomic mass is 32.2. The van der Waals surface area contributed by atoms with Gasteiger partial charge in [0.15, 0.2) is 0 Å². The minimum Gasteiger partial charge on any atom is -0.478 e. The van der Waals surface area contributed by atoms with Gasteiger partial charge in [-0.15, -0.1) is 0 Å². The smallest absolute Gasteiger partial charge is 0.328 e. The number of amides is 1. The summed E-state index contributed by atoms with van der Waals surface area (Å²) < 4.78 is 11.2. The maximum Gasteiger partial charge on any atom is 0.328 e. The predicted octanol–water partition coefficient (Wildman–Crippen LogP) is 1.28. The van der Waals surface area contributed by atoms with E-state index in [-0.39, 0.29) is 11.2 Å². The van der Waals surface area contributed by atoms with E-state index in [2.05, 4.69) is 5.32 Å². The van der Waals surface area contributed by atoms with E-state index in [0.717, 1.165) is 6.08 Å². The fraction of sp³-hybridized carbons (Fsp3) is 0.286. The van der Waals surface area contributed by atoms with Crippen LogP contribution >= 0.6 is 0 Å². The minimum absolute atomic E-state index is 0.117. The molecule has 20 heavy (non-hydrogen) atoms. The van der Waals surface area contributed by atoms with Crippen LogP contribution in [-0.4, -0.2) is 39.2 Å². The van der Waals surface area contributed by atoms with Gasteiger partial charge in [-0.25, -0.2) is 4.79 Å². The molecule has 1 aromatic rings. The maximum atomic E-state index is 11.9. The number of aliphatic carboxylic acids is 1. The Labute approximate surface area is 120 Å². The fourth-order valence-electron chi connectivity index (χ4n) is 1.41. The van der Waals surface area contributed by atoms with Crippen LogP contribution in [0.3, 0.4) is 0 Å². The summed E-state index contributed by atoms with van der Waals surface area (Å²) in [6.45, 7) is 2.12. The van der Waals surface area contributed by atoms with Crippen molar-refractivity contribution in [3.05, 3.63) is 41.5 Å². The summed E-state index contributed by atoms with van der Waals surface area (Å²) >= 11 is 0. The van der Waals surface area contributed by atoms with Crippen LogP contribution in [0.5, 0.6) is 0 Å². The van der Waals surface area contributed by atoms with Gasteiger partial charge in [-0.05, 0) is 30.7 Å². The monoisotopic (exact) mass is 295 g/mol. The van der Waals surface area contributed by atoms with Crippen LogP contribution in [-0.2, 0) is 15.6 Å². The highest BCUT2D eigenvalue weighted by molar-refractivity contribution is 7.84. The molecule has 0 heterocycles. The zero-order chi connectivity index (χ0) is 15.1. The number of hydrogen-bond donors (Lipinski definition) is 2. The van der Waals surface area contributed by atoms with E-state index in [0.29, 0.717) is 17.7 Å². The van der Waals surface area contributed by atoms with Crippen molar-refractivity contribution in [3.63, 3.8) is 0 Å². The van der Waals surface area contributed by atoms with E-state index in [1.165, 1.54) is 6.08 Å². The summed E-state index contributed by atoms with van der Waals surface area (Å²) in [5, 5.41) is 11.1. The second-order valence-electron chi connectivity index (χ2n) is 4.32. The molecule has 108 valence electrons. The van der Waals surface area contributed by atoms with Crippen molar-refractivity contribution in [1.29, 1.82) is 0 Å². The first-order valence-corrected chi connectivity index (χ1v) is 7.63. The molecule has 0 aliphatic carbocycles. The lowest BCUT2D eigenvalue weighted by molar-refractivity contribution is -0.131. The molecule has 0 saturated heterocycles. The third-order valence-electron chi connectivity index (χ3n) is 2.68. The molecular formula is C14H17NO4S. The zero-order valence-electron chi connectivity index (χ0n) is 11.3. The van der Waals surface area contributed by atoms with Gasteiger partial charge in [-0.1, -0.05) is 12.1 Å². The average molecular weight is 295 g/mol. The highest BCUT2D eigenvalue weighted by Crippen LogP contribution is 2.07. The molecule has 0 aromatic heterocycles. The standard InChI is InChI=1S/C14H17NO4S/c1-10(20(2)19)9-15-14(18)12-5-3-4-11(8-12)6-7-13(16)17/h3-8,10H,9H2,1-2H3,(H,15,18)(H,16,17)/b7-6+. The molecule has 2 atom stereocenters. The summed E-state index contributed by atoms with van der Waals surface area (Å²) in [6, 6.07) is 6.63. The normalized spacial score (nSPS) is 13.9. The molecule has 0 spiro atoms. The topological polar surface area (TPSA) is 83.5 Å². The molecule has 0 fully saturated rings. The molecule has 0 aliphatic heterocycles. The molecule has 0 aliphatic rings. The van der Waals surface area contributed by atoms with Crippen molar-refractivity contribution in [3.8, 4) is 0 Å². The fourth-order valence-corrected chi connectivity index (χ4v) is 1.72. The van der Waals surface area contributed by atoms with E-state index in [1.807, 2.05) is 0 Å². The summed E-state index contributed by atoms with van der Waals surface area (Å²) in [5.41, 5.74) is 1.07. The lowest BCUT2D eigenvalue weighted by Gasteiger charge is -2.10. The minimum atomic E-state index is -1.04. The number of carbonyl (C=O) groups is 2. The van der Waals surface area contributed by atoms with Crippen molar-refractivity contribution in [2.24, 2.45) is 0 Å². The largest absolute Gasteiger partial charge is 0.478 e. The Bertz CT molecular complexity index is 554. The van der Waals surface area contributed by atoms with Crippen molar-refractivity contribution in [2.75, 3.05) is 12.8 Å². The summed E-state index contributed by atoms with van der Waals surface area (Å²) in [6.07, 6.45) is 4.02. The van der Waals surface area contributed by atoms with Crippen LogP contribution in [0.15, 0.2) is 30.3 Å². The summed E-state index contributed by atoms with van der Waals surface area (Å²) in [4.78, 5) is 22.3. The van der Waals surface area contributed by atoms with Crippen LogP contribution < -0.4 is 5.32 Å². The van der Waals surface area contributed by atoms with Gasteiger partial charge in [0.25, 0.3) is 5.91 Å². The van der Waals surface area contributed by atoms with Gasteiger partial charge in [0.2, 0.25) is 0 Å². The maximum absolute atomic E-state index is 11.9. The molecule has 1 amide bonds. The van der Waals surface area contributed by atoms with Gasteiger partial charge < -0.3 is 10.4 Å². The van der Waals surface area contributed by atoms with E-state index in [4.69, 9.17) is 5.11 Å². The van der Waals surface area contributed by atoms with Gasteiger partial charge >= 0.3 is 5.97 Å². The van der Waals surface area contributed by atoms with Crippen LogP contribution in [0.4, 0.5) is 0 Å². The average Bonchev–Trinajstić information content (AvgIpc) is 2.42. The van der Waals surface area contributed by atoms with Gasteiger partial charge in [0, 0.05) is 40.5 Å². The number of carbonyl (C=O) groups excluding carboxylic acids is 1. The first-order chi connectivity index (χ1) is 9.40. The Morgan fingerprint density at radius 2 is 2.15 bits per heavy atom. The van der Waals surface area contributed by atoms with Gasteiger partial charge in [-0.2, -0.15) is 0 Å². The predicted molar refractivity (Wildman–Crippen MR) is 79.0 cm³/mol. The molecular weight excluding hydrogens is 278 g/mol. The first kappa shape index (κ1) is 16.1. The summed E-state index contributed by atoms with van der Waals surface area (Å²) in [5.74, 6) is -1.31. The number of benzene rings is 1. The number of carboxylic acid groups (broad SMARTS) is 1. The summed E-state index contributed by atoms with van der Waals surface area (Å²) in [7, 11) is -0.987. The molecule has 0 saturated carbocycles. The van der Waals surface area contributed by atoms with E-state index >= 15 is 0 Å². The van der Waals surface area contributed by atoms with Crippen molar-refractivity contribution >= 4 is 28.8 Å². The van der Waals surface area contributed by atoms with Gasteiger partial charge in [-0.3, -0.25) is 9.00 Å². The third kappa shape index (κ3) is 5.36. The Morgan fingerprint density at radius 1 is 1.45 bits per heavy atom. The molecule has 2 unspecified atom stereocenters. The Morgan fingerprint density at radius 3 is 2.75 bits per heavy atom. The molecule has 0 radical (unpaired) electrons. The molecule has 0 bridgehead atoms. The van der Waals surface area contributed by atoms with Crippen LogP contribution in [0.2, 0.25) is 0 Å². The molecule has 5 nitrogen and oxygen atoms in total. The van der Waals surface area contributed by atoms with Crippen molar-refractivity contribution < 1.29 is 18.9 Å². The first-order valence-electron chi connectivity index (χ1n) is 6.01. The van der Waals surface area contributed by atoms with Gasteiger partial charge in [0.05, 0.1) is 0 Å². The lowest BCUT2D eigenvalue weighted by Crippen LogP contribution is -2.32. The Balaban J connectivity index is 2.71. The molecule has 2 N–H and O–H groups in total. The van der Waals surface area contributed by atoms with E-state index < -0.39 is 16.8 Å². The van der Waals surface area contributed by atoms with Crippen LogP contribution in [0.25, 0.3) is 6.08 Å². The van der Waals surface area contributed by atoms with Crippen LogP contribution in [0, 0.1) is 0 Å². The third-order valence-corrected chi connectivity index (χ3v) is 3.98. The molecule has 1 aromatic carbocycles. The second-order valence-corrected chi connectivity index (χ2v) is 6.12. The molecule has 6 heteroatoms. The Hall–Kier alpha value is -1.95. The number of carboxylic acids is 1. The quantitative estimate of drug-likeness (QED) is 0.774. The Kier molecular flexibility index (Phi) is 6.11. The SMILES string of the molecule is CC(CNC(=O)c1cccc(/C=C/C(=O)O)c1)S(C)=O. The van der Waals surface area contributed by atoms with Gasteiger partial charge in [0.1, 0.15) is 0 Å². The van der Waals surface area contributed by atoms with Crippen molar-refractivity contribution in [1.82, 2.24) is 5.32 Å². The zero-order valence-corrected chi connectivity index (χ0v) is 12.1. The van der Waals surface area contributed by atoms with Crippen molar-refractivity contribution in [2.45, 2.75) is 12.2 Å².